The van der Waals surface area contributed by atoms with Crippen LogP contribution >= 0.6 is 0 Å². The summed E-state index contributed by atoms with van der Waals surface area (Å²) in [5, 5.41) is 11.2. The van der Waals surface area contributed by atoms with Gasteiger partial charge in [0.25, 0.3) is 0 Å². The normalized spacial score (nSPS) is 13.2. The van der Waals surface area contributed by atoms with Crippen LogP contribution in [-0.2, 0) is 14.3 Å². The molecule has 0 unspecified atom stereocenters. The van der Waals surface area contributed by atoms with Crippen LogP contribution in [0.1, 0.15) is 13.8 Å². The van der Waals surface area contributed by atoms with E-state index in [0.29, 0.717) is 5.92 Å². The third-order valence-electron chi connectivity index (χ3n) is 1.84. The van der Waals surface area contributed by atoms with Crippen LogP contribution in [0.2, 0.25) is 0 Å². The van der Waals surface area contributed by atoms with Crippen molar-refractivity contribution in [2.24, 2.45) is 5.92 Å². The van der Waals surface area contributed by atoms with Crippen LogP contribution in [-0.4, -0.2) is 36.7 Å². The SMILES string of the molecule is COC(=O)[C@H](CO)NC(=O)/C=C/C=C/C(C)C. The third kappa shape index (κ3) is 7.30. The highest BCUT2D eigenvalue weighted by atomic mass is 16.5. The second kappa shape index (κ2) is 8.52. The average Bonchev–Trinajstić information content (AvgIpc) is 2.30. The van der Waals surface area contributed by atoms with Crippen molar-refractivity contribution in [3.63, 3.8) is 0 Å². The van der Waals surface area contributed by atoms with Gasteiger partial charge in [-0.3, -0.25) is 4.79 Å². The van der Waals surface area contributed by atoms with Crippen molar-refractivity contribution in [1.82, 2.24) is 5.32 Å². The minimum absolute atomic E-state index is 0.406. The Kier molecular flexibility index (Phi) is 7.71. The number of allylic oxidation sites excluding steroid dienone is 3. The number of aliphatic hydroxyl groups is 1. The summed E-state index contributed by atoms with van der Waals surface area (Å²) in [5.74, 6) is -0.724. The summed E-state index contributed by atoms with van der Waals surface area (Å²) in [4.78, 5) is 22.4. The van der Waals surface area contributed by atoms with Crippen LogP contribution in [0.3, 0.4) is 0 Å². The zero-order valence-corrected chi connectivity index (χ0v) is 10.3. The monoisotopic (exact) mass is 241 g/mol. The van der Waals surface area contributed by atoms with Gasteiger partial charge in [0.1, 0.15) is 0 Å². The molecule has 17 heavy (non-hydrogen) atoms. The summed E-state index contributed by atoms with van der Waals surface area (Å²) in [6.45, 7) is 3.54. The molecule has 2 N–H and O–H groups in total. The van der Waals surface area contributed by atoms with Crippen LogP contribution in [0, 0.1) is 5.92 Å². The Labute approximate surface area is 101 Å². The molecular formula is C12H19NO4. The number of nitrogens with one attached hydrogen (secondary N) is 1. The lowest BCUT2D eigenvalue weighted by molar-refractivity contribution is -0.145. The molecule has 0 aliphatic carbocycles. The molecule has 96 valence electrons. The molecule has 1 atom stereocenters. The van der Waals surface area contributed by atoms with Gasteiger partial charge < -0.3 is 15.2 Å². The van der Waals surface area contributed by atoms with Gasteiger partial charge >= 0.3 is 5.97 Å². The van der Waals surface area contributed by atoms with Crippen LogP contribution in [0.5, 0.6) is 0 Å². The molecule has 0 fully saturated rings. The van der Waals surface area contributed by atoms with Gasteiger partial charge in [0, 0.05) is 6.08 Å². The Morgan fingerprint density at radius 2 is 2.00 bits per heavy atom. The molecule has 0 spiro atoms. The molecule has 1 amide bonds. The second-order valence-electron chi connectivity index (χ2n) is 3.75. The quantitative estimate of drug-likeness (QED) is 0.401. The molecule has 5 heteroatoms. The van der Waals surface area contributed by atoms with Crippen LogP contribution < -0.4 is 5.32 Å². The molecule has 0 aromatic carbocycles. The van der Waals surface area contributed by atoms with Gasteiger partial charge in [-0.15, -0.1) is 0 Å². The third-order valence-corrected chi connectivity index (χ3v) is 1.84. The Morgan fingerprint density at radius 1 is 1.35 bits per heavy atom. The molecule has 0 aromatic heterocycles. The summed E-state index contributed by atoms with van der Waals surface area (Å²) in [5.41, 5.74) is 0. The van der Waals surface area contributed by atoms with Gasteiger partial charge in [-0.1, -0.05) is 32.1 Å². The fraction of sp³-hybridized carbons (Fsp3) is 0.500. The number of ether oxygens (including phenoxy) is 1. The molecule has 0 rings (SSSR count). The van der Waals surface area contributed by atoms with Crippen molar-refractivity contribution in [1.29, 1.82) is 0 Å². The number of carbonyl (C=O) groups excluding carboxylic acids is 2. The first-order valence-electron chi connectivity index (χ1n) is 5.35. The van der Waals surface area contributed by atoms with Gasteiger partial charge in [-0.05, 0) is 5.92 Å². The zero-order chi connectivity index (χ0) is 13.3. The lowest BCUT2D eigenvalue weighted by atomic mass is 10.2. The molecule has 5 nitrogen and oxygen atoms in total. The number of methoxy groups -OCH3 is 1. The van der Waals surface area contributed by atoms with E-state index in [0.717, 1.165) is 0 Å². The first kappa shape index (κ1) is 15.4. The molecule has 0 aromatic rings. The molecule has 0 saturated carbocycles. The van der Waals surface area contributed by atoms with Crippen molar-refractivity contribution in [3.05, 3.63) is 24.3 Å². The van der Waals surface area contributed by atoms with Gasteiger partial charge in [0.15, 0.2) is 6.04 Å². The van der Waals surface area contributed by atoms with Crippen LogP contribution in [0.25, 0.3) is 0 Å². The summed E-state index contributed by atoms with van der Waals surface area (Å²) in [7, 11) is 1.19. The standard InChI is InChI=1S/C12H19NO4/c1-9(2)6-4-5-7-11(15)13-10(8-14)12(16)17-3/h4-7,9-10,14H,8H2,1-3H3,(H,13,15)/b6-4+,7-5+/t10-/m0/s1. The Bertz CT molecular complexity index is 308. The number of esters is 1. The summed E-state index contributed by atoms with van der Waals surface area (Å²) in [6, 6.07) is -1.02. The highest BCUT2D eigenvalue weighted by Crippen LogP contribution is 1.93. The second-order valence-corrected chi connectivity index (χ2v) is 3.75. The number of rotatable bonds is 6. The number of amides is 1. The van der Waals surface area contributed by atoms with Crippen molar-refractivity contribution < 1.29 is 19.4 Å². The number of hydrogen-bond donors (Lipinski definition) is 2. The Hall–Kier alpha value is -1.62. The van der Waals surface area contributed by atoms with E-state index in [2.05, 4.69) is 10.1 Å². The lowest BCUT2D eigenvalue weighted by Gasteiger charge is -2.11. The number of carbonyl (C=O) groups is 2. The molecule has 0 heterocycles. The fourth-order valence-corrected chi connectivity index (χ4v) is 0.971. The van der Waals surface area contributed by atoms with Crippen LogP contribution in [0.15, 0.2) is 24.3 Å². The van der Waals surface area contributed by atoms with E-state index in [1.165, 1.54) is 13.2 Å². The van der Waals surface area contributed by atoms with E-state index in [1.807, 2.05) is 19.9 Å². The number of aliphatic hydroxyl groups excluding tert-OH is 1. The van der Waals surface area contributed by atoms with Gasteiger partial charge in [-0.2, -0.15) is 0 Å². The van der Waals surface area contributed by atoms with E-state index >= 15 is 0 Å². The minimum Gasteiger partial charge on any atom is -0.467 e. The molecule has 0 bridgehead atoms. The maximum Gasteiger partial charge on any atom is 0.330 e. The van der Waals surface area contributed by atoms with Crippen LogP contribution in [0.4, 0.5) is 0 Å². The highest BCUT2D eigenvalue weighted by Gasteiger charge is 2.18. The Balaban J connectivity index is 4.20. The van der Waals surface area contributed by atoms with E-state index in [9.17, 15) is 9.59 Å². The molecular weight excluding hydrogens is 222 g/mol. The predicted octanol–water partition coefficient (Wildman–Crippen LogP) is 0.405. The lowest BCUT2D eigenvalue weighted by Crippen LogP contribution is -2.43. The first-order chi connectivity index (χ1) is 8.01. The van der Waals surface area contributed by atoms with Gasteiger partial charge in [0.2, 0.25) is 5.91 Å². The zero-order valence-electron chi connectivity index (χ0n) is 10.3. The Morgan fingerprint density at radius 3 is 2.47 bits per heavy atom. The topological polar surface area (TPSA) is 75.6 Å². The largest absolute Gasteiger partial charge is 0.467 e. The van der Waals surface area contributed by atoms with Gasteiger partial charge in [-0.25, -0.2) is 4.79 Å². The first-order valence-corrected chi connectivity index (χ1v) is 5.35. The average molecular weight is 241 g/mol. The van der Waals surface area contributed by atoms with Crippen molar-refractivity contribution >= 4 is 11.9 Å². The fourth-order valence-electron chi connectivity index (χ4n) is 0.971. The van der Waals surface area contributed by atoms with Crippen molar-refractivity contribution in [2.75, 3.05) is 13.7 Å². The van der Waals surface area contributed by atoms with E-state index in [4.69, 9.17) is 5.11 Å². The summed E-state index contributed by atoms with van der Waals surface area (Å²) in [6.07, 6.45) is 6.52. The molecule has 0 aliphatic rings. The summed E-state index contributed by atoms with van der Waals surface area (Å²) < 4.78 is 4.41. The van der Waals surface area contributed by atoms with Crippen molar-refractivity contribution in [3.8, 4) is 0 Å². The minimum atomic E-state index is -1.02. The number of hydrogen-bond acceptors (Lipinski definition) is 4. The maximum absolute atomic E-state index is 11.3. The predicted molar refractivity (Wildman–Crippen MR) is 64.2 cm³/mol. The maximum atomic E-state index is 11.3. The molecule has 0 aliphatic heterocycles. The van der Waals surface area contributed by atoms with E-state index in [1.54, 1.807) is 12.2 Å². The van der Waals surface area contributed by atoms with Gasteiger partial charge in [0.05, 0.1) is 13.7 Å². The molecule has 0 radical (unpaired) electrons. The van der Waals surface area contributed by atoms with Crippen molar-refractivity contribution in [2.45, 2.75) is 19.9 Å². The smallest absolute Gasteiger partial charge is 0.330 e. The summed E-state index contributed by atoms with van der Waals surface area (Å²) >= 11 is 0. The molecule has 0 saturated heterocycles. The highest BCUT2D eigenvalue weighted by molar-refractivity contribution is 5.91. The van der Waals surface area contributed by atoms with E-state index in [-0.39, 0.29) is 0 Å². The van der Waals surface area contributed by atoms with E-state index < -0.39 is 24.5 Å².